The molecule has 9 heavy (non-hydrogen) atoms. The van der Waals surface area contributed by atoms with E-state index in [0.29, 0.717) is 24.4 Å². The van der Waals surface area contributed by atoms with Crippen LogP contribution in [0.15, 0.2) is 0 Å². The van der Waals surface area contributed by atoms with Crippen molar-refractivity contribution in [2.75, 3.05) is 6.54 Å². The average Bonchev–Trinajstić information content (AvgIpc) is 2.13. The van der Waals surface area contributed by atoms with E-state index in [-0.39, 0.29) is 0 Å². The molecule has 0 saturated carbocycles. The third-order valence-corrected chi connectivity index (χ3v) is 1.49. The molecule has 1 aliphatic heterocycles. The highest BCUT2D eigenvalue weighted by Crippen LogP contribution is 2.14. The molecule has 0 aliphatic carbocycles. The Kier molecular flexibility index (Phi) is 1.68. The van der Waals surface area contributed by atoms with Gasteiger partial charge in [0.05, 0.1) is 6.04 Å². The number of carbonyl (C=O) groups is 1. The summed E-state index contributed by atoms with van der Waals surface area (Å²) in [7, 11) is 0. The van der Waals surface area contributed by atoms with Gasteiger partial charge in [-0.2, -0.15) is 0 Å². The smallest absolute Gasteiger partial charge is 0.319 e. The van der Waals surface area contributed by atoms with Crippen LogP contribution < -0.4 is 0 Å². The zero-order valence-corrected chi connectivity index (χ0v) is 4.91. The van der Waals surface area contributed by atoms with Gasteiger partial charge in [-0.05, 0) is 19.4 Å². The van der Waals surface area contributed by atoms with E-state index in [4.69, 9.17) is 5.11 Å². The first-order valence-electron chi connectivity index (χ1n) is 2.88. The van der Waals surface area contributed by atoms with Crippen molar-refractivity contribution in [2.24, 2.45) is 0 Å². The molecule has 52 valence electrons. The summed E-state index contributed by atoms with van der Waals surface area (Å²) >= 11 is 0. The number of carboxylic acid groups (broad SMARTS) is 1. The molecule has 0 aromatic rings. The fourth-order valence-corrected chi connectivity index (χ4v) is 0.987. The van der Waals surface area contributed by atoms with Gasteiger partial charge in [-0.25, -0.2) is 0 Å². The van der Waals surface area contributed by atoms with Crippen LogP contribution in [0, 0.1) is 5.21 Å². The molecule has 0 unspecified atom stereocenters. The third kappa shape index (κ3) is 1.20. The van der Waals surface area contributed by atoms with Crippen molar-refractivity contribution in [3.8, 4) is 0 Å². The van der Waals surface area contributed by atoms with Gasteiger partial charge in [-0.15, -0.1) is 0 Å². The van der Waals surface area contributed by atoms with Crippen molar-refractivity contribution in [1.82, 2.24) is 5.06 Å². The van der Waals surface area contributed by atoms with Gasteiger partial charge in [-0.3, -0.25) is 4.79 Å². The number of aliphatic carboxylic acids is 1. The van der Waals surface area contributed by atoms with Gasteiger partial charge in [0.2, 0.25) is 0 Å². The van der Waals surface area contributed by atoms with Gasteiger partial charge < -0.3 is 15.4 Å². The van der Waals surface area contributed by atoms with Gasteiger partial charge in [0.1, 0.15) is 0 Å². The Morgan fingerprint density at radius 2 is 2.44 bits per heavy atom. The number of hydrogen-bond donors (Lipinski definition) is 1. The molecule has 0 amide bonds. The molecule has 4 heteroatoms. The first-order chi connectivity index (χ1) is 4.22. The topological polar surface area (TPSA) is 63.6 Å². The molecule has 0 spiro atoms. The highest BCUT2D eigenvalue weighted by Gasteiger charge is 2.23. The Bertz CT molecular complexity index is 125. The number of rotatable bonds is 1. The molecule has 1 fully saturated rings. The molecule has 0 radical (unpaired) electrons. The quantitative estimate of drug-likeness (QED) is 0.544. The standard InChI is InChI=1S/C5H8NO3/c7-5(8)4-2-1-3-6(4)9/h4H,1-3H2,(H,7,8)/q-1/t4-/m0/s1. The highest BCUT2D eigenvalue weighted by molar-refractivity contribution is 5.73. The maximum absolute atomic E-state index is 10.6. The lowest BCUT2D eigenvalue weighted by atomic mass is 10.2. The predicted octanol–water partition coefficient (Wildman–Crippen LogP) is 0.0332. The maximum atomic E-state index is 10.6. The fourth-order valence-electron chi connectivity index (χ4n) is 0.987. The summed E-state index contributed by atoms with van der Waals surface area (Å²) in [5, 5.41) is 19.5. The molecule has 1 rings (SSSR count). The minimum absolute atomic E-state index is 0.372. The summed E-state index contributed by atoms with van der Waals surface area (Å²) in [6.07, 6.45) is 1.21. The average molecular weight is 130 g/mol. The molecule has 0 aromatic heterocycles. The zero-order chi connectivity index (χ0) is 6.85. The lowest BCUT2D eigenvalue weighted by Crippen LogP contribution is -2.30. The number of nitrogens with zero attached hydrogens (tertiary/aromatic N) is 1. The van der Waals surface area contributed by atoms with Crippen LogP contribution in [0.1, 0.15) is 12.8 Å². The second-order valence-corrected chi connectivity index (χ2v) is 2.14. The van der Waals surface area contributed by atoms with Gasteiger partial charge in [0, 0.05) is 0 Å². The van der Waals surface area contributed by atoms with E-state index in [1.807, 2.05) is 0 Å². The van der Waals surface area contributed by atoms with E-state index in [1.165, 1.54) is 0 Å². The molecule has 0 bridgehead atoms. The Hall–Kier alpha value is -0.610. The summed E-state index contributed by atoms with van der Waals surface area (Å²) in [4.78, 5) is 10.2. The molecule has 1 heterocycles. The Morgan fingerprint density at radius 3 is 2.67 bits per heavy atom. The number of carboxylic acids is 1. The molecule has 4 nitrogen and oxygen atoms in total. The molecular formula is C5H8NO3-. The molecular weight excluding hydrogens is 122 g/mol. The second-order valence-electron chi connectivity index (χ2n) is 2.14. The van der Waals surface area contributed by atoms with Gasteiger partial charge in [0.25, 0.3) is 0 Å². The summed E-state index contributed by atoms with van der Waals surface area (Å²) in [5.74, 6) is -0.998. The molecule has 1 saturated heterocycles. The van der Waals surface area contributed by atoms with E-state index >= 15 is 0 Å². The number of hydrogen-bond acceptors (Lipinski definition) is 3. The van der Waals surface area contributed by atoms with Crippen LogP contribution >= 0.6 is 0 Å². The van der Waals surface area contributed by atoms with Crippen molar-refractivity contribution in [1.29, 1.82) is 0 Å². The van der Waals surface area contributed by atoms with Crippen molar-refractivity contribution < 1.29 is 9.90 Å². The summed E-state index contributed by atoms with van der Waals surface area (Å²) in [5.41, 5.74) is 0. The maximum Gasteiger partial charge on any atom is 0.319 e. The van der Waals surface area contributed by atoms with E-state index in [1.54, 1.807) is 0 Å². The van der Waals surface area contributed by atoms with Crippen LogP contribution in [0.4, 0.5) is 0 Å². The van der Waals surface area contributed by atoms with Crippen molar-refractivity contribution >= 4 is 5.97 Å². The van der Waals surface area contributed by atoms with E-state index in [0.717, 1.165) is 0 Å². The first-order valence-corrected chi connectivity index (χ1v) is 2.88. The van der Waals surface area contributed by atoms with Crippen molar-refractivity contribution in [3.63, 3.8) is 0 Å². The highest BCUT2D eigenvalue weighted by atomic mass is 16.5. The third-order valence-electron chi connectivity index (χ3n) is 1.49. The summed E-state index contributed by atoms with van der Waals surface area (Å²) in [6.45, 7) is 0.372. The van der Waals surface area contributed by atoms with Crippen molar-refractivity contribution in [2.45, 2.75) is 18.9 Å². The normalized spacial score (nSPS) is 28.8. The first kappa shape index (κ1) is 6.51. The molecule has 1 N–H and O–H groups in total. The summed E-state index contributed by atoms with van der Waals surface area (Å²) in [6, 6.07) is -0.773. The van der Waals surface area contributed by atoms with Crippen LogP contribution in [0.2, 0.25) is 0 Å². The number of hydroxylamine groups is 2. The molecule has 0 aromatic carbocycles. The monoisotopic (exact) mass is 130 g/mol. The van der Waals surface area contributed by atoms with Crippen LogP contribution in [-0.2, 0) is 4.79 Å². The zero-order valence-electron chi connectivity index (χ0n) is 4.91. The lowest BCUT2D eigenvalue weighted by Gasteiger charge is -2.26. The van der Waals surface area contributed by atoms with Crippen LogP contribution in [0.3, 0.4) is 0 Å². The van der Waals surface area contributed by atoms with Crippen LogP contribution in [0.25, 0.3) is 0 Å². The Labute approximate surface area is 52.7 Å². The second kappa shape index (κ2) is 2.33. The SMILES string of the molecule is O=C(O)[C@@H]1CCCN1[O-]. The van der Waals surface area contributed by atoms with Crippen LogP contribution in [0.5, 0.6) is 0 Å². The minimum atomic E-state index is -0.998. The van der Waals surface area contributed by atoms with Crippen molar-refractivity contribution in [3.05, 3.63) is 5.21 Å². The minimum Gasteiger partial charge on any atom is -0.785 e. The van der Waals surface area contributed by atoms with E-state index < -0.39 is 12.0 Å². The largest absolute Gasteiger partial charge is 0.785 e. The fraction of sp³-hybridized carbons (Fsp3) is 0.800. The van der Waals surface area contributed by atoms with Gasteiger partial charge in [-0.1, -0.05) is 0 Å². The van der Waals surface area contributed by atoms with Crippen LogP contribution in [-0.4, -0.2) is 28.7 Å². The molecule has 1 atom stereocenters. The Morgan fingerprint density at radius 1 is 1.78 bits per heavy atom. The van der Waals surface area contributed by atoms with E-state index in [2.05, 4.69) is 0 Å². The van der Waals surface area contributed by atoms with Gasteiger partial charge >= 0.3 is 5.97 Å². The van der Waals surface area contributed by atoms with Gasteiger partial charge in [0.15, 0.2) is 0 Å². The predicted molar refractivity (Wildman–Crippen MR) is 30.7 cm³/mol. The summed E-state index contributed by atoms with van der Waals surface area (Å²) < 4.78 is 0. The Balaban J connectivity index is 2.49. The van der Waals surface area contributed by atoms with E-state index in [9.17, 15) is 10.0 Å². The lowest BCUT2D eigenvalue weighted by molar-refractivity contribution is -0.141. The molecule has 1 aliphatic rings.